The summed E-state index contributed by atoms with van der Waals surface area (Å²) in [6.45, 7) is 2.77. The summed E-state index contributed by atoms with van der Waals surface area (Å²) in [4.78, 5) is 30.7. The smallest absolute Gasteiger partial charge is 0.257 e. The van der Waals surface area contributed by atoms with Crippen molar-refractivity contribution in [1.29, 1.82) is 0 Å². The van der Waals surface area contributed by atoms with Crippen LogP contribution in [0.2, 0.25) is 0 Å². The maximum atomic E-state index is 13.2. The summed E-state index contributed by atoms with van der Waals surface area (Å²) in [7, 11) is 0. The minimum Gasteiger partial charge on any atom is -0.348 e. The first-order valence-electron chi connectivity index (χ1n) is 11.1. The van der Waals surface area contributed by atoms with E-state index in [-0.39, 0.29) is 16.9 Å². The number of nitrogens with zero attached hydrogens (tertiary/aromatic N) is 2. The lowest BCUT2D eigenvalue weighted by Gasteiger charge is -2.20. The van der Waals surface area contributed by atoms with Gasteiger partial charge in [0.1, 0.15) is 5.56 Å². The van der Waals surface area contributed by atoms with Crippen molar-refractivity contribution >= 4 is 5.91 Å². The van der Waals surface area contributed by atoms with Crippen LogP contribution in [0, 0.1) is 6.92 Å². The number of hydrogen-bond donors (Lipinski definition) is 1. The first kappa shape index (κ1) is 22.2. The Morgan fingerprint density at radius 1 is 0.879 bits per heavy atom. The number of rotatable bonds is 8. The van der Waals surface area contributed by atoms with E-state index in [1.54, 1.807) is 12.3 Å². The van der Waals surface area contributed by atoms with Crippen LogP contribution in [0.3, 0.4) is 0 Å². The van der Waals surface area contributed by atoms with Gasteiger partial charge in [-0.1, -0.05) is 66.7 Å². The largest absolute Gasteiger partial charge is 0.348 e. The molecule has 0 unspecified atom stereocenters. The lowest BCUT2D eigenvalue weighted by molar-refractivity contribution is 0.0947. The number of aryl methyl sites for hydroxylation is 2. The van der Waals surface area contributed by atoms with Crippen LogP contribution >= 0.6 is 0 Å². The van der Waals surface area contributed by atoms with E-state index in [0.717, 1.165) is 34.6 Å². The third kappa shape index (κ3) is 5.63. The Balaban J connectivity index is 1.70. The Kier molecular flexibility index (Phi) is 7.10. The summed E-state index contributed by atoms with van der Waals surface area (Å²) >= 11 is 0. The van der Waals surface area contributed by atoms with Gasteiger partial charge >= 0.3 is 0 Å². The molecule has 4 rings (SSSR count). The molecule has 0 fully saturated rings. The Morgan fingerprint density at radius 3 is 2.21 bits per heavy atom. The van der Waals surface area contributed by atoms with Gasteiger partial charge in [0.15, 0.2) is 5.43 Å². The summed E-state index contributed by atoms with van der Waals surface area (Å²) in [5.74, 6) is -0.346. The van der Waals surface area contributed by atoms with Gasteiger partial charge in [0.05, 0.1) is 12.2 Å². The predicted octanol–water partition coefficient (Wildman–Crippen LogP) is 4.32. The molecule has 33 heavy (non-hydrogen) atoms. The van der Waals surface area contributed by atoms with Gasteiger partial charge in [-0.2, -0.15) is 0 Å². The second-order valence-corrected chi connectivity index (χ2v) is 8.03. The van der Waals surface area contributed by atoms with Crippen LogP contribution in [0.25, 0.3) is 0 Å². The molecule has 2 heterocycles. The van der Waals surface area contributed by atoms with Gasteiger partial charge in [0, 0.05) is 30.2 Å². The van der Waals surface area contributed by atoms with Gasteiger partial charge in [-0.15, -0.1) is 0 Å². The molecule has 2 aromatic carbocycles. The minimum atomic E-state index is -0.346. The standard InChI is InChI=1S/C28H27N3O2/c1-21-18-26(32)27(28(33)30-19-23-12-6-3-7-13-23)25(16-15-22-10-4-2-5-11-22)31(21)20-24-14-8-9-17-29-24/h2-14,17-18H,15-16,19-20H2,1H3,(H,30,33). The Labute approximate surface area is 193 Å². The third-order valence-electron chi connectivity index (χ3n) is 5.69. The van der Waals surface area contributed by atoms with Crippen molar-refractivity contribution in [2.45, 2.75) is 32.9 Å². The molecular formula is C28H27N3O2. The van der Waals surface area contributed by atoms with Crippen molar-refractivity contribution in [1.82, 2.24) is 14.9 Å². The topological polar surface area (TPSA) is 64.0 Å². The maximum absolute atomic E-state index is 13.2. The summed E-state index contributed by atoms with van der Waals surface area (Å²) < 4.78 is 2.05. The number of benzene rings is 2. The fraction of sp³-hybridized carbons (Fsp3) is 0.179. The highest BCUT2D eigenvalue weighted by Gasteiger charge is 2.20. The molecule has 5 heteroatoms. The predicted molar refractivity (Wildman–Crippen MR) is 130 cm³/mol. The normalized spacial score (nSPS) is 10.7. The quantitative estimate of drug-likeness (QED) is 0.447. The molecule has 166 valence electrons. The van der Waals surface area contributed by atoms with E-state index >= 15 is 0 Å². The number of nitrogens with one attached hydrogen (secondary N) is 1. The number of aromatic nitrogens is 2. The molecule has 0 aliphatic heterocycles. The first-order chi connectivity index (χ1) is 16.1. The van der Waals surface area contributed by atoms with Crippen LogP contribution in [0.4, 0.5) is 0 Å². The molecule has 0 spiro atoms. The molecule has 0 saturated carbocycles. The fourth-order valence-corrected chi connectivity index (χ4v) is 3.98. The fourth-order valence-electron chi connectivity index (χ4n) is 3.98. The zero-order valence-corrected chi connectivity index (χ0v) is 18.7. The van der Waals surface area contributed by atoms with Crippen LogP contribution in [0.5, 0.6) is 0 Å². The first-order valence-corrected chi connectivity index (χ1v) is 11.1. The molecule has 1 amide bonds. The Bertz CT molecular complexity index is 1270. The van der Waals surface area contributed by atoms with Crippen molar-refractivity contribution in [3.8, 4) is 0 Å². The van der Waals surface area contributed by atoms with Gasteiger partial charge in [-0.3, -0.25) is 14.6 Å². The third-order valence-corrected chi connectivity index (χ3v) is 5.69. The van der Waals surface area contributed by atoms with Crippen LogP contribution in [0.1, 0.15) is 38.6 Å². The zero-order chi connectivity index (χ0) is 23.0. The van der Waals surface area contributed by atoms with Crippen molar-refractivity contribution < 1.29 is 4.79 Å². The average Bonchev–Trinajstić information content (AvgIpc) is 2.85. The molecule has 0 saturated heterocycles. The summed E-state index contributed by atoms with van der Waals surface area (Å²) in [5.41, 5.74) is 4.53. The molecule has 2 aromatic heterocycles. The summed E-state index contributed by atoms with van der Waals surface area (Å²) in [5, 5.41) is 2.94. The van der Waals surface area contributed by atoms with Crippen LogP contribution in [0.15, 0.2) is 95.9 Å². The van der Waals surface area contributed by atoms with Crippen molar-refractivity contribution in [3.05, 3.63) is 135 Å². The van der Waals surface area contributed by atoms with Gasteiger partial charge in [-0.25, -0.2) is 0 Å². The Hall–Kier alpha value is -3.99. The van der Waals surface area contributed by atoms with E-state index in [0.29, 0.717) is 19.5 Å². The number of carbonyl (C=O) groups excluding carboxylic acids is 1. The van der Waals surface area contributed by atoms with E-state index in [2.05, 4.69) is 22.4 Å². The minimum absolute atomic E-state index is 0.211. The van der Waals surface area contributed by atoms with E-state index < -0.39 is 0 Å². The van der Waals surface area contributed by atoms with E-state index in [1.807, 2.05) is 78.2 Å². The summed E-state index contributed by atoms with van der Waals surface area (Å²) in [6.07, 6.45) is 3.05. The van der Waals surface area contributed by atoms with Gasteiger partial charge in [-0.05, 0) is 43.0 Å². The van der Waals surface area contributed by atoms with Gasteiger partial charge in [0.2, 0.25) is 0 Å². The van der Waals surface area contributed by atoms with E-state index in [9.17, 15) is 9.59 Å². The molecule has 0 radical (unpaired) electrons. The molecule has 1 N–H and O–H groups in total. The van der Waals surface area contributed by atoms with Gasteiger partial charge < -0.3 is 9.88 Å². The number of pyridine rings is 2. The van der Waals surface area contributed by atoms with E-state index in [4.69, 9.17) is 0 Å². The average molecular weight is 438 g/mol. The van der Waals surface area contributed by atoms with Crippen molar-refractivity contribution in [3.63, 3.8) is 0 Å². The lowest BCUT2D eigenvalue weighted by atomic mass is 10.0. The molecule has 0 aliphatic rings. The second-order valence-electron chi connectivity index (χ2n) is 8.03. The molecule has 0 aliphatic carbocycles. The highest BCUT2D eigenvalue weighted by molar-refractivity contribution is 5.95. The molecule has 0 bridgehead atoms. The molecule has 4 aromatic rings. The SMILES string of the molecule is Cc1cc(=O)c(C(=O)NCc2ccccc2)c(CCc2ccccc2)n1Cc1ccccn1. The van der Waals surface area contributed by atoms with Crippen LogP contribution < -0.4 is 10.7 Å². The number of carbonyl (C=O) groups is 1. The zero-order valence-electron chi connectivity index (χ0n) is 18.7. The van der Waals surface area contributed by atoms with Crippen LogP contribution in [-0.4, -0.2) is 15.5 Å². The van der Waals surface area contributed by atoms with Crippen molar-refractivity contribution in [2.75, 3.05) is 0 Å². The van der Waals surface area contributed by atoms with Gasteiger partial charge in [0.25, 0.3) is 5.91 Å². The monoisotopic (exact) mass is 437 g/mol. The second kappa shape index (κ2) is 10.6. The van der Waals surface area contributed by atoms with Crippen molar-refractivity contribution in [2.24, 2.45) is 0 Å². The molecular weight excluding hydrogens is 410 g/mol. The highest BCUT2D eigenvalue weighted by Crippen LogP contribution is 2.15. The molecule has 0 atom stereocenters. The van der Waals surface area contributed by atoms with Crippen LogP contribution in [-0.2, 0) is 25.9 Å². The number of hydrogen-bond acceptors (Lipinski definition) is 3. The lowest BCUT2D eigenvalue weighted by Crippen LogP contribution is -2.33. The molecule has 5 nitrogen and oxygen atoms in total. The Morgan fingerprint density at radius 2 is 1.55 bits per heavy atom. The summed E-state index contributed by atoms with van der Waals surface area (Å²) in [6, 6.07) is 27.1. The highest BCUT2D eigenvalue weighted by atomic mass is 16.2. The number of amides is 1. The maximum Gasteiger partial charge on any atom is 0.257 e. The van der Waals surface area contributed by atoms with E-state index in [1.165, 1.54) is 0 Å².